The Balaban J connectivity index is 1.80. The molecule has 0 aromatic heterocycles. The molecule has 0 saturated carbocycles. The molecule has 1 fully saturated rings. The molecule has 2 rings (SSSR count). The highest BCUT2D eigenvalue weighted by Crippen LogP contribution is 2.03. The zero-order valence-electron chi connectivity index (χ0n) is 10.5. The molecule has 1 heterocycles. The SMILES string of the molecule is Cc1ccc(CC(=O)NCC2NC(=O)NC2=O)cc1. The van der Waals surface area contributed by atoms with Gasteiger partial charge in [-0.1, -0.05) is 29.8 Å². The van der Waals surface area contributed by atoms with E-state index < -0.39 is 18.0 Å². The van der Waals surface area contributed by atoms with Crippen LogP contribution in [0.2, 0.25) is 0 Å². The monoisotopic (exact) mass is 261 g/mol. The standard InChI is InChI=1S/C13H15N3O3/c1-8-2-4-9(5-3-8)6-11(17)14-7-10-12(18)16-13(19)15-10/h2-5,10H,6-7H2,1H3,(H,14,17)(H2,15,16,18,19). The fourth-order valence-electron chi connectivity index (χ4n) is 1.77. The van der Waals surface area contributed by atoms with Gasteiger partial charge in [0.05, 0.1) is 6.42 Å². The summed E-state index contributed by atoms with van der Waals surface area (Å²) in [6, 6.07) is 6.44. The third kappa shape index (κ3) is 3.54. The molecule has 0 bridgehead atoms. The number of carbonyl (C=O) groups is 3. The lowest BCUT2D eigenvalue weighted by molar-refractivity contribution is -0.121. The fourth-order valence-corrected chi connectivity index (χ4v) is 1.77. The second kappa shape index (κ2) is 5.51. The molecule has 0 spiro atoms. The van der Waals surface area contributed by atoms with Crippen LogP contribution in [-0.2, 0) is 16.0 Å². The maximum Gasteiger partial charge on any atom is 0.322 e. The third-order valence-corrected chi connectivity index (χ3v) is 2.85. The molecule has 1 aliphatic heterocycles. The minimum Gasteiger partial charge on any atom is -0.353 e. The molecular formula is C13H15N3O3. The van der Waals surface area contributed by atoms with Crippen LogP contribution in [0.5, 0.6) is 0 Å². The van der Waals surface area contributed by atoms with Crippen LogP contribution in [0.15, 0.2) is 24.3 Å². The summed E-state index contributed by atoms with van der Waals surface area (Å²) in [5, 5.41) is 7.15. The fraction of sp³-hybridized carbons (Fsp3) is 0.308. The van der Waals surface area contributed by atoms with Crippen molar-refractivity contribution in [1.82, 2.24) is 16.0 Å². The first-order chi connectivity index (χ1) is 9.04. The van der Waals surface area contributed by atoms with Crippen molar-refractivity contribution in [2.75, 3.05) is 6.54 Å². The summed E-state index contributed by atoms with van der Waals surface area (Å²) in [6.07, 6.45) is 0.253. The number of hydrogen-bond donors (Lipinski definition) is 3. The molecule has 6 heteroatoms. The summed E-state index contributed by atoms with van der Waals surface area (Å²) in [5.74, 6) is -0.599. The Morgan fingerprint density at radius 1 is 1.26 bits per heavy atom. The number of aryl methyl sites for hydroxylation is 1. The van der Waals surface area contributed by atoms with Crippen molar-refractivity contribution in [3.8, 4) is 0 Å². The van der Waals surface area contributed by atoms with Gasteiger partial charge in [-0.05, 0) is 12.5 Å². The molecule has 1 unspecified atom stereocenters. The normalized spacial score (nSPS) is 17.8. The molecular weight excluding hydrogens is 246 g/mol. The molecule has 6 nitrogen and oxygen atoms in total. The smallest absolute Gasteiger partial charge is 0.322 e. The summed E-state index contributed by atoms with van der Waals surface area (Å²) in [7, 11) is 0. The van der Waals surface area contributed by atoms with Gasteiger partial charge in [0, 0.05) is 6.54 Å². The summed E-state index contributed by atoms with van der Waals surface area (Å²) >= 11 is 0. The largest absolute Gasteiger partial charge is 0.353 e. The zero-order valence-corrected chi connectivity index (χ0v) is 10.5. The molecule has 0 aliphatic carbocycles. The molecule has 1 atom stereocenters. The van der Waals surface area contributed by atoms with Crippen molar-refractivity contribution in [2.24, 2.45) is 0 Å². The number of hydrogen-bond acceptors (Lipinski definition) is 3. The highest BCUT2D eigenvalue weighted by atomic mass is 16.2. The lowest BCUT2D eigenvalue weighted by Gasteiger charge is -2.09. The van der Waals surface area contributed by atoms with Crippen LogP contribution in [-0.4, -0.2) is 30.4 Å². The topological polar surface area (TPSA) is 87.3 Å². The van der Waals surface area contributed by atoms with Gasteiger partial charge in [-0.25, -0.2) is 4.79 Å². The second-order valence-electron chi connectivity index (χ2n) is 4.48. The van der Waals surface area contributed by atoms with Gasteiger partial charge in [-0.3, -0.25) is 14.9 Å². The predicted molar refractivity (Wildman–Crippen MR) is 68.4 cm³/mol. The Kier molecular flexibility index (Phi) is 3.79. The van der Waals surface area contributed by atoms with Gasteiger partial charge < -0.3 is 10.6 Å². The number of benzene rings is 1. The average molecular weight is 261 g/mol. The van der Waals surface area contributed by atoms with E-state index in [0.29, 0.717) is 0 Å². The van der Waals surface area contributed by atoms with Crippen molar-refractivity contribution < 1.29 is 14.4 Å². The van der Waals surface area contributed by atoms with E-state index in [1.807, 2.05) is 31.2 Å². The second-order valence-corrected chi connectivity index (χ2v) is 4.48. The molecule has 100 valence electrons. The number of rotatable bonds is 4. The predicted octanol–water partition coefficient (Wildman–Crippen LogP) is -0.138. The maximum atomic E-state index is 11.7. The van der Waals surface area contributed by atoms with E-state index >= 15 is 0 Å². The number of amides is 4. The van der Waals surface area contributed by atoms with Crippen LogP contribution in [0.3, 0.4) is 0 Å². The highest BCUT2D eigenvalue weighted by Gasteiger charge is 2.29. The Bertz CT molecular complexity index is 510. The number of carbonyl (C=O) groups excluding carboxylic acids is 3. The van der Waals surface area contributed by atoms with Gasteiger partial charge in [0.25, 0.3) is 5.91 Å². The van der Waals surface area contributed by atoms with Crippen LogP contribution in [0, 0.1) is 6.92 Å². The quantitative estimate of drug-likeness (QED) is 0.659. The highest BCUT2D eigenvalue weighted by molar-refractivity contribution is 6.04. The summed E-state index contributed by atoms with van der Waals surface area (Å²) in [6.45, 7) is 2.08. The van der Waals surface area contributed by atoms with Gasteiger partial charge in [0.2, 0.25) is 5.91 Å². The first kappa shape index (κ1) is 13.1. The zero-order chi connectivity index (χ0) is 13.8. The molecule has 1 aromatic carbocycles. The Hall–Kier alpha value is -2.37. The average Bonchev–Trinajstić information content (AvgIpc) is 2.68. The van der Waals surface area contributed by atoms with E-state index in [1.54, 1.807) is 0 Å². The summed E-state index contributed by atoms with van der Waals surface area (Å²) < 4.78 is 0. The molecule has 1 saturated heterocycles. The van der Waals surface area contributed by atoms with Crippen molar-refractivity contribution in [2.45, 2.75) is 19.4 Å². The molecule has 4 amide bonds. The first-order valence-electron chi connectivity index (χ1n) is 5.98. The summed E-state index contributed by atoms with van der Waals surface area (Å²) in [5.41, 5.74) is 2.04. The number of imide groups is 1. The third-order valence-electron chi connectivity index (χ3n) is 2.85. The minimum absolute atomic E-state index is 0.0995. The van der Waals surface area contributed by atoms with Crippen molar-refractivity contribution >= 4 is 17.8 Å². The van der Waals surface area contributed by atoms with Gasteiger partial charge in [0.15, 0.2) is 0 Å². The molecule has 1 aromatic rings. The maximum absolute atomic E-state index is 11.7. The van der Waals surface area contributed by atoms with Crippen LogP contribution in [0.4, 0.5) is 4.79 Å². The van der Waals surface area contributed by atoms with E-state index in [0.717, 1.165) is 11.1 Å². The van der Waals surface area contributed by atoms with E-state index in [1.165, 1.54) is 0 Å². The Morgan fingerprint density at radius 2 is 1.95 bits per heavy atom. The van der Waals surface area contributed by atoms with Gasteiger partial charge in [-0.2, -0.15) is 0 Å². The van der Waals surface area contributed by atoms with Crippen LogP contribution in [0.1, 0.15) is 11.1 Å². The Morgan fingerprint density at radius 3 is 2.53 bits per heavy atom. The van der Waals surface area contributed by atoms with Crippen LogP contribution < -0.4 is 16.0 Å². The molecule has 0 radical (unpaired) electrons. The van der Waals surface area contributed by atoms with Gasteiger partial charge in [-0.15, -0.1) is 0 Å². The lowest BCUT2D eigenvalue weighted by atomic mass is 10.1. The summed E-state index contributed by atoms with van der Waals surface area (Å²) in [4.78, 5) is 33.8. The Labute approximate surface area is 110 Å². The molecule has 19 heavy (non-hydrogen) atoms. The van der Waals surface area contributed by atoms with Crippen molar-refractivity contribution in [3.63, 3.8) is 0 Å². The van der Waals surface area contributed by atoms with Gasteiger partial charge in [0.1, 0.15) is 6.04 Å². The van der Waals surface area contributed by atoms with E-state index in [9.17, 15) is 14.4 Å². The minimum atomic E-state index is -0.686. The lowest BCUT2D eigenvalue weighted by Crippen LogP contribution is -2.42. The van der Waals surface area contributed by atoms with Crippen LogP contribution in [0.25, 0.3) is 0 Å². The molecule has 1 aliphatic rings. The van der Waals surface area contributed by atoms with E-state index in [4.69, 9.17) is 0 Å². The first-order valence-corrected chi connectivity index (χ1v) is 5.98. The van der Waals surface area contributed by atoms with Gasteiger partial charge >= 0.3 is 6.03 Å². The number of urea groups is 1. The van der Waals surface area contributed by atoms with Crippen molar-refractivity contribution in [3.05, 3.63) is 35.4 Å². The van der Waals surface area contributed by atoms with Crippen LogP contribution >= 0.6 is 0 Å². The van der Waals surface area contributed by atoms with Crippen molar-refractivity contribution in [1.29, 1.82) is 0 Å². The number of nitrogens with one attached hydrogen (secondary N) is 3. The van der Waals surface area contributed by atoms with E-state index in [2.05, 4.69) is 16.0 Å². The molecule has 3 N–H and O–H groups in total. The van der Waals surface area contributed by atoms with E-state index in [-0.39, 0.29) is 18.9 Å².